The number of hydrogen-bond acceptors (Lipinski definition) is 4. The van der Waals surface area contributed by atoms with Crippen LogP contribution in [0.3, 0.4) is 0 Å². The lowest BCUT2D eigenvalue weighted by atomic mass is 10.0. The van der Waals surface area contributed by atoms with E-state index in [1.54, 1.807) is 7.11 Å². The summed E-state index contributed by atoms with van der Waals surface area (Å²) >= 11 is 0. The Morgan fingerprint density at radius 2 is 2.28 bits per heavy atom. The third kappa shape index (κ3) is 3.00. The summed E-state index contributed by atoms with van der Waals surface area (Å²) in [4.78, 5) is 6.84. The highest BCUT2D eigenvalue weighted by molar-refractivity contribution is 5.15. The lowest BCUT2D eigenvalue weighted by Crippen LogP contribution is -2.37. The van der Waals surface area contributed by atoms with Gasteiger partial charge in [-0.25, -0.2) is 4.98 Å². The molecule has 1 fully saturated rings. The van der Waals surface area contributed by atoms with Crippen LogP contribution in [0.1, 0.15) is 25.0 Å². The highest BCUT2D eigenvalue weighted by Crippen LogP contribution is 2.29. The van der Waals surface area contributed by atoms with Gasteiger partial charge in [0.2, 0.25) is 5.88 Å². The molecule has 1 aliphatic rings. The van der Waals surface area contributed by atoms with Crippen molar-refractivity contribution in [1.29, 1.82) is 0 Å². The summed E-state index contributed by atoms with van der Waals surface area (Å²) in [6, 6.07) is 6.51. The second kappa shape index (κ2) is 6.16. The fraction of sp³-hybridized carbons (Fsp3) is 0.643. The molecule has 1 heterocycles. The molecule has 0 aliphatic heterocycles. The highest BCUT2D eigenvalue weighted by atomic mass is 16.5. The fourth-order valence-electron chi connectivity index (χ4n) is 2.90. The van der Waals surface area contributed by atoms with Gasteiger partial charge < -0.3 is 10.5 Å². The molecule has 4 heteroatoms. The first kappa shape index (κ1) is 13.3. The molecular weight excluding hydrogens is 226 g/mol. The molecular formula is C14H23N3O. The van der Waals surface area contributed by atoms with Crippen molar-refractivity contribution >= 4 is 0 Å². The number of nitrogens with two attached hydrogens (primary N) is 1. The van der Waals surface area contributed by atoms with E-state index in [0.717, 1.165) is 18.8 Å². The molecule has 2 unspecified atom stereocenters. The topological polar surface area (TPSA) is 51.4 Å². The van der Waals surface area contributed by atoms with E-state index in [0.29, 0.717) is 17.8 Å². The summed E-state index contributed by atoms with van der Waals surface area (Å²) in [6.07, 6.45) is 3.81. The highest BCUT2D eigenvalue weighted by Gasteiger charge is 2.29. The Labute approximate surface area is 109 Å². The van der Waals surface area contributed by atoms with Crippen LogP contribution in [-0.4, -0.2) is 36.6 Å². The third-order valence-electron chi connectivity index (χ3n) is 3.89. The lowest BCUT2D eigenvalue weighted by molar-refractivity contribution is 0.190. The van der Waals surface area contributed by atoms with Crippen molar-refractivity contribution in [2.75, 3.05) is 20.7 Å². The maximum absolute atomic E-state index is 5.84. The number of ether oxygens (including phenoxy) is 1. The molecule has 100 valence electrons. The van der Waals surface area contributed by atoms with Crippen LogP contribution in [-0.2, 0) is 6.54 Å². The van der Waals surface area contributed by atoms with Gasteiger partial charge in [0.05, 0.1) is 12.8 Å². The van der Waals surface area contributed by atoms with Crippen molar-refractivity contribution < 1.29 is 4.74 Å². The molecule has 2 atom stereocenters. The van der Waals surface area contributed by atoms with E-state index in [1.807, 2.05) is 18.2 Å². The molecule has 1 aromatic rings. The Bertz CT molecular complexity index is 383. The quantitative estimate of drug-likeness (QED) is 0.862. The van der Waals surface area contributed by atoms with Crippen LogP contribution in [0.4, 0.5) is 0 Å². The average Bonchev–Trinajstić information content (AvgIpc) is 2.87. The van der Waals surface area contributed by atoms with Crippen molar-refractivity contribution in [3.05, 3.63) is 23.9 Å². The fourth-order valence-corrected chi connectivity index (χ4v) is 2.90. The SMILES string of the molecule is COc1cccc(CN(C)C2CCCC2CN)n1. The van der Waals surface area contributed by atoms with Gasteiger partial charge in [-0.3, -0.25) is 4.90 Å². The van der Waals surface area contributed by atoms with Crippen LogP contribution in [0.2, 0.25) is 0 Å². The van der Waals surface area contributed by atoms with E-state index in [4.69, 9.17) is 10.5 Å². The van der Waals surface area contributed by atoms with Crippen molar-refractivity contribution in [2.45, 2.75) is 31.8 Å². The van der Waals surface area contributed by atoms with Gasteiger partial charge in [-0.2, -0.15) is 0 Å². The molecule has 0 amide bonds. The van der Waals surface area contributed by atoms with Gasteiger partial charge in [0, 0.05) is 18.7 Å². The first-order valence-electron chi connectivity index (χ1n) is 6.65. The first-order valence-corrected chi connectivity index (χ1v) is 6.65. The summed E-state index contributed by atoms with van der Waals surface area (Å²) in [6.45, 7) is 1.65. The molecule has 0 radical (unpaired) electrons. The smallest absolute Gasteiger partial charge is 0.213 e. The predicted octanol–water partition coefficient (Wildman–Crippen LogP) is 1.65. The second-order valence-corrected chi connectivity index (χ2v) is 5.08. The van der Waals surface area contributed by atoms with Gasteiger partial charge in [0.15, 0.2) is 0 Å². The second-order valence-electron chi connectivity index (χ2n) is 5.08. The third-order valence-corrected chi connectivity index (χ3v) is 3.89. The van der Waals surface area contributed by atoms with Gasteiger partial charge in [0.1, 0.15) is 0 Å². The van der Waals surface area contributed by atoms with Gasteiger partial charge in [-0.05, 0) is 38.4 Å². The van der Waals surface area contributed by atoms with Crippen LogP contribution in [0.5, 0.6) is 5.88 Å². The Hall–Kier alpha value is -1.13. The molecule has 2 rings (SSSR count). The van der Waals surface area contributed by atoms with Crippen molar-refractivity contribution in [1.82, 2.24) is 9.88 Å². The van der Waals surface area contributed by atoms with E-state index in [9.17, 15) is 0 Å². The largest absolute Gasteiger partial charge is 0.481 e. The number of hydrogen-bond donors (Lipinski definition) is 1. The van der Waals surface area contributed by atoms with Crippen LogP contribution in [0.15, 0.2) is 18.2 Å². The standard InChI is InChI=1S/C14H23N3O/c1-17(13-7-3-5-11(13)9-15)10-12-6-4-8-14(16-12)18-2/h4,6,8,11,13H,3,5,7,9-10,15H2,1-2H3. The summed E-state index contributed by atoms with van der Waals surface area (Å²) in [5, 5.41) is 0. The minimum Gasteiger partial charge on any atom is -0.481 e. The van der Waals surface area contributed by atoms with Gasteiger partial charge >= 0.3 is 0 Å². The van der Waals surface area contributed by atoms with Crippen molar-refractivity contribution in [3.63, 3.8) is 0 Å². The molecule has 1 aromatic heterocycles. The zero-order chi connectivity index (χ0) is 13.0. The normalized spacial score (nSPS) is 23.6. The molecule has 4 nitrogen and oxygen atoms in total. The minimum absolute atomic E-state index is 0.600. The van der Waals surface area contributed by atoms with Gasteiger partial charge in [0.25, 0.3) is 0 Å². The Morgan fingerprint density at radius 1 is 1.44 bits per heavy atom. The summed E-state index contributed by atoms with van der Waals surface area (Å²) in [5.74, 6) is 1.32. The van der Waals surface area contributed by atoms with E-state index in [1.165, 1.54) is 19.3 Å². The molecule has 1 saturated carbocycles. The number of aromatic nitrogens is 1. The first-order chi connectivity index (χ1) is 8.74. The molecule has 0 saturated heterocycles. The van der Waals surface area contributed by atoms with Crippen molar-refractivity contribution in [2.24, 2.45) is 11.7 Å². The summed E-state index contributed by atoms with van der Waals surface area (Å²) in [7, 11) is 3.82. The molecule has 2 N–H and O–H groups in total. The van der Waals surface area contributed by atoms with Crippen LogP contribution in [0, 0.1) is 5.92 Å². The molecule has 18 heavy (non-hydrogen) atoms. The Balaban J connectivity index is 1.99. The van der Waals surface area contributed by atoms with Crippen molar-refractivity contribution in [3.8, 4) is 5.88 Å². The number of rotatable bonds is 5. The maximum Gasteiger partial charge on any atom is 0.213 e. The predicted molar refractivity (Wildman–Crippen MR) is 72.4 cm³/mol. The van der Waals surface area contributed by atoms with Crippen LogP contribution >= 0.6 is 0 Å². The molecule has 0 aromatic carbocycles. The zero-order valence-corrected chi connectivity index (χ0v) is 11.3. The average molecular weight is 249 g/mol. The monoisotopic (exact) mass is 249 g/mol. The van der Waals surface area contributed by atoms with Crippen LogP contribution < -0.4 is 10.5 Å². The van der Waals surface area contributed by atoms with E-state index in [-0.39, 0.29) is 0 Å². The number of methoxy groups -OCH3 is 1. The maximum atomic E-state index is 5.84. The summed E-state index contributed by atoms with van der Waals surface area (Å²) < 4.78 is 5.15. The molecule has 0 bridgehead atoms. The Morgan fingerprint density at radius 3 is 3.00 bits per heavy atom. The van der Waals surface area contributed by atoms with E-state index in [2.05, 4.69) is 16.9 Å². The van der Waals surface area contributed by atoms with E-state index < -0.39 is 0 Å². The molecule has 0 spiro atoms. The molecule has 1 aliphatic carbocycles. The van der Waals surface area contributed by atoms with Crippen LogP contribution in [0.25, 0.3) is 0 Å². The van der Waals surface area contributed by atoms with E-state index >= 15 is 0 Å². The number of pyridine rings is 1. The van der Waals surface area contributed by atoms with Gasteiger partial charge in [-0.1, -0.05) is 12.5 Å². The Kier molecular flexibility index (Phi) is 4.55. The number of nitrogens with zero attached hydrogens (tertiary/aromatic N) is 2. The van der Waals surface area contributed by atoms with Gasteiger partial charge in [-0.15, -0.1) is 0 Å². The summed E-state index contributed by atoms with van der Waals surface area (Å²) in [5.41, 5.74) is 6.89. The zero-order valence-electron chi connectivity index (χ0n) is 11.3. The lowest BCUT2D eigenvalue weighted by Gasteiger charge is -2.28. The minimum atomic E-state index is 0.600.